The predicted octanol–water partition coefficient (Wildman–Crippen LogP) is -0.829. The number of carboxylic acid groups (broad SMARTS) is 1. The molecule has 0 spiro atoms. The molecule has 1 aromatic carbocycles. The zero-order valence-corrected chi connectivity index (χ0v) is 13.2. The number of benzene rings is 1. The van der Waals surface area contributed by atoms with Gasteiger partial charge < -0.3 is 14.3 Å². The van der Waals surface area contributed by atoms with E-state index in [9.17, 15) is 9.90 Å². The maximum Gasteiger partial charge on any atom is 1.00 e. The number of rotatable bonds is 2. The molecular weight excluding hydrogens is 265 g/mol. The molecule has 0 aliphatic carbocycles. The van der Waals surface area contributed by atoms with Crippen molar-refractivity contribution < 1.29 is 43.9 Å². The average Bonchev–Trinajstić information content (AvgIpc) is 2.84. The fraction of sp³-hybridized carbons (Fsp3) is 0.0667. The van der Waals surface area contributed by atoms with Gasteiger partial charge in [-0.2, -0.15) is 0 Å². The topological polar surface area (TPSA) is 66.2 Å². The Hall–Kier alpha value is -1.62. The number of aromatic carboxylic acids is 1. The van der Waals surface area contributed by atoms with Crippen molar-refractivity contribution in [2.75, 3.05) is 0 Å². The van der Waals surface area contributed by atoms with Crippen LogP contribution in [0.4, 0.5) is 0 Å². The van der Waals surface area contributed by atoms with E-state index in [1.54, 1.807) is 24.3 Å². The Morgan fingerprint density at radius 3 is 2.60 bits per heavy atom. The van der Waals surface area contributed by atoms with Crippen LogP contribution in [0.1, 0.15) is 16.1 Å². The summed E-state index contributed by atoms with van der Waals surface area (Å²) in [5.74, 6) is 0.0776. The third kappa shape index (κ3) is 2.63. The minimum atomic E-state index is -1.22. The van der Waals surface area contributed by atoms with Crippen LogP contribution in [0.25, 0.3) is 22.4 Å². The van der Waals surface area contributed by atoms with E-state index in [0.29, 0.717) is 22.4 Å². The largest absolute Gasteiger partial charge is 1.00 e. The number of aromatic nitrogens is 1. The van der Waals surface area contributed by atoms with Crippen LogP contribution >= 0.6 is 0 Å². The Balaban J connectivity index is 0.00000147. The second-order valence-electron chi connectivity index (χ2n) is 4.27. The number of furan rings is 1. The Morgan fingerprint density at radius 2 is 1.95 bits per heavy atom. The van der Waals surface area contributed by atoms with Crippen molar-refractivity contribution in [1.29, 1.82) is 0 Å². The minimum absolute atomic E-state index is 0. The van der Waals surface area contributed by atoms with Crippen LogP contribution in [0.15, 0.2) is 46.9 Å². The number of carbonyl (C=O) groups is 1. The van der Waals surface area contributed by atoms with Crippen LogP contribution in [0.3, 0.4) is 0 Å². The summed E-state index contributed by atoms with van der Waals surface area (Å²) >= 11 is 0. The summed E-state index contributed by atoms with van der Waals surface area (Å²) in [5, 5.41) is 11.8. The van der Waals surface area contributed by atoms with Gasteiger partial charge in [0, 0.05) is 10.9 Å². The van der Waals surface area contributed by atoms with Gasteiger partial charge in [-0.05, 0) is 31.2 Å². The molecule has 94 valence electrons. The van der Waals surface area contributed by atoms with E-state index in [4.69, 9.17) is 4.42 Å². The summed E-state index contributed by atoms with van der Waals surface area (Å²) in [7, 11) is 0. The Kier molecular flexibility index (Phi) is 4.28. The van der Waals surface area contributed by atoms with Gasteiger partial charge >= 0.3 is 29.6 Å². The van der Waals surface area contributed by atoms with Gasteiger partial charge in [0.1, 0.15) is 11.5 Å². The summed E-state index contributed by atoms with van der Waals surface area (Å²) in [4.78, 5) is 15.7. The van der Waals surface area contributed by atoms with Crippen LogP contribution in [-0.2, 0) is 0 Å². The molecular formula is C15H10NNaO3. The number of pyridine rings is 1. The molecule has 0 aliphatic heterocycles. The Morgan fingerprint density at radius 1 is 1.20 bits per heavy atom. The third-order valence-electron chi connectivity index (χ3n) is 2.93. The van der Waals surface area contributed by atoms with Crippen LogP contribution in [0.2, 0.25) is 0 Å². The summed E-state index contributed by atoms with van der Waals surface area (Å²) in [6, 6.07) is 12.1. The maximum atomic E-state index is 11.2. The smallest absolute Gasteiger partial charge is 0.545 e. The average molecular weight is 275 g/mol. The summed E-state index contributed by atoms with van der Waals surface area (Å²) in [6.45, 7) is 1.82. The fourth-order valence-corrected chi connectivity index (χ4v) is 2.04. The molecule has 0 radical (unpaired) electrons. The molecule has 0 amide bonds. The van der Waals surface area contributed by atoms with Crippen LogP contribution in [0.5, 0.6) is 0 Å². The van der Waals surface area contributed by atoms with Crippen LogP contribution < -0.4 is 34.7 Å². The first-order valence-corrected chi connectivity index (χ1v) is 5.83. The number of aryl methyl sites for hydroxylation is 1. The molecule has 0 saturated carbocycles. The number of fused-ring (bicyclic) bond motifs is 1. The SMILES string of the molecule is Cc1ccc(-c2cc(C(=O)[O-])c3ccccc3n2)o1.[Na+]. The number of hydrogen-bond acceptors (Lipinski definition) is 4. The van der Waals surface area contributed by atoms with Crippen LogP contribution in [0, 0.1) is 6.92 Å². The quantitative estimate of drug-likeness (QED) is 0.573. The Labute approximate surface area is 137 Å². The summed E-state index contributed by atoms with van der Waals surface area (Å²) in [6.07, 6.45) is 0. The molecule has 3 aromatic rings. The molecule has 0 N–H and O–H groups in total. The van der Waals surface area contributed by atoms with E-state index in [1.165, 1.54) is 6.07 Å². The first-order chi connectivity index (χ1) is 9.15. The van der Waals surface area contributed by atoms with Gasteiger partial charge in [0.2, 0.25) is 0 Å². The van der Waals surface area contributed by atoms with Crippen molar-refractivity contribution in [1.82, 2.24) is 4.98 Å². The second kappa shape index (κ2) is 5.79. The summed E-state index contributed by atoms with van der Waals surface area (Å²) < 4.78 is 5.48. The van der Waals surface area contributed by atoms with Gasteiger partial charge in [-0.15, -0.1) is 0 Å². The number of hydrogen-bond donors (Lipinski definition) is 0. The van der Waals surface area contributed by atoms with Gasteiger partial charge in [-0.3, -0.25) is 0 Å². The third-order valence-corrected chi connectivity index (χ3v) is 2.93. The van der Waals surface area contributed by atoms with Gasteiger partial charge in [0.05, 0.1) is 11.5 Å². The maximum absolute atomic E-state index is 11.2. The van der Waals surface area contributed by atoms with Crippen molar-refractivity contribution in [3.8, 4) is 11.5 Å². The molecule has 0 unspecified atom stereocenters. The van der Waals surface area contributed by atoms with Crippen molar-refractivity contribution >= 4 is 16.9 Å². The van der Waals surface area contributed by atoms with E-state index in [-0.39, 0.29) is 35.1 Å². The molecule has 2 heterocycles. The molecule has 0 bridgehead atoms. The first kappa shape index (κ1) is 14.8. The molecule has 20 heavy (non-hydrogen) atoms. The monoisotopic (exact) mass is 275 g/mol. The molecule has 0 atom stereocenters. The minimum Gasteiger partial charge on any atom is -0.545 e. The van der Waals surface area contributed by atoms with Crippen molar-refractivity contribution in [2.45, 2.75) is 6.92 Å². The van der Waals surface area contributed by atoms with E-state index >= 15 is 0 Å². The van der Waals surface area contributed by atoms with Gasteiger partial charge in [-0.25, -0.2) is 4.98 Å². The second-order valence-corrected chi connectivity index (χ2v) is 4.27. The van der Waals surface area contributed by atoms with Crippen molar-refractivity contribution in [3.05, 3.63) is 53.8 Å². The molecule has 0 fully saturated rings. The fourth-order valence-electron chi connectivity index (χ4n) is 2.04. The van der Waals surface area contributed by atoms with Crippen LogP contribution in [-0.4, -0.2) is 11.0 Å². The van der Waals surface area contributed by atoms with E-state index in [1.807, 2.05) is 19.1 Å². The van der Waals surface area contributed by atoms with Gasteiger partial charge in [-0.1, -0.05) is 18.2 Å². The molecule has 0 saturated heterocycles. The molecule has 4 nitrogen and oxygen atoms in total. The molecule has 5 heteroatoms. The number of carbonyl (C=O) groups excluding carboxylic acids is 1. The van der Waals surface area contributed by atoms with E-state index in [2.05, 4.69) is 4.98 Å². The molecule has 2 aromatic heterocycles. The Bertz CT molecular complexity index is 780. The summed E-state index contributed by atoms with van der Waals surface area (Å²) in [5.41, 5.74) is 1.22. The van der Waals surface area contributed by atoms with E-state index < -0.39 is 5.97 Å². The normalized spacial score (nSPS) is 10.2. The zero-order valence-electron chi connectivity index (χ0n) is 11.2. The van der Waals surface area contributed by atoms with Crippen molar-refractivity contribution in [2.24, 2.45) is 0 Å². The standard InChI is InChI=1S/C15H11NO3.Na/c1-9-6-7-14(19-9)13-8-11(15(17)18)10-4-2-3-5-12(10)16-13;/h2-8H,1H3,(H,17,18);/q;+1/p-1. The van der Waals surface area contributed by atoms with E-state index in [0.717, 1.165) is 5.76 Å². The molecule has 3 rings (SSSR count). The number of para-hydroxylation sites is 1. The van der Waals surface area contributed by atoms with Gasteiger partial charge in [0.15, 0.2) is 5.76 Å². The van der Waals surface area contributed by atoms with Crippen molar-refractivity contribution in [3.63, 3.8) is 0 Å². The first-order valence-electron chi connectivity index (χ1n) is 5.83. The number of nitrogens with zero attached hydrogens (tertiary/aromatic N) is 1. The predicted molar refractivity (Wildman–Crippen MR) is 68.5 cm³/mol. The number of carboxylic acids is 1. The zero-order chi connectivity index (χ0) is 13.4. The molecule has 0 aliphatic rings. The van der Waals surface area contributed by atoms with Gasteiger partial charge in [0.25, 0.3) is 0 Å².